The van der Waals surface area contributed by atoms with E-state index in [1.807, 2.05) is 12.2 Å². The van der Waals surface area contributed by atoms with Crippen molar-refractivity contribution in [1.29, 1.82) is 0 Å². The van der Waals surface area contributed by atoms with Gasteiger partial charge in [0.25, 0.3) is 0 Å². The highest BCUT2D eigenvalue weighted by Gasteiger charge is 2.51. The molecule has 3 N–H and O–H groups in total. The van der Waals surface area contributed by atoms with Gasteiger partial charge in [0.15, 0.2) is 0 Å². The van der Waals surface area contributed by atoms with Gasteiger partial charge >= 0.3 is 5.97 Å². The van der Waals surface area contributed by atoms with Crippen LogP contribution in [0.5, 0.6) is 0 Å². The Morgan fingerprint density at radius 1 is 1.19 bits per heavy atom. The summed E-state index contributed by atoms with van der Waals surface area (Å²) in [4.78, 5) is 35.5. The van der Waals surface area contributed by atoms with Gasteiger partial charge in [-0.25, -0.2) is 0 Å². The van der Waals surface area contributed by atoms with E-state index in [9.17, 15) is 19.5 Å². The summed E-state index contributed by atoms with van der Waals surface area (Å²) in [7, 11) is 1.55. The van der Waals surface area contributed by atoms with E-state index >= 15 is 0 Å². The van der Waals surface area contributed by atoms with E-state index in [-0.39, 0.29) is 30.2 Å². The lowest BCUT2D eigenvalue weighted by atomic mass is 9.82. The summed E-state index contributed by atoms with van der Waals surface area (Å²) < 4.78 is 0. The fraction of sp³-hybridized carbons (Fsp3) is 0.667. The molecule has 1 saturated carbocycles. The van der Waals surface area contributed by atoms with Crippen molar-refractivity contribution in [3.05, 3.63) is 12.2 Å². The number of carbonyl (C=O) groups is 3. The Hall–Kier alpha value is -1.85. The SMILES string of the molecule is CNC(=O)C(C)(C)CNC(=O)[C@H]1C2C=CC(C2)[C@H]1C(=O)O. The molecule has 2 aliphatic carbocycles. The van der Waals surface area contributed by atoms with Crippen LogP contribution in [0.4, 0.5) is 0 Å². The minimum absolute atomic E-state index is 0.000728. The Balaban J connectivity index is 2.02. The van der Waals surface area contributed by atoms with Crippen molar-refractivity contribution in [2.45, 2.75) is 20.3 Å². The summed E-state index contributed by atoms with van der Waals surface area (Å²) in [6.07, 6.45) is 4.58. The number of carbonyl (C=O) groups excluding carboxylic acids is 2. The van der Waals surface area contributed by atoms with Crippen molar-refractivity contribution in [1.82, 2.24) is 10.6 Å². The molecular formula is C15H22N2O4. The number of hydrogen-bond acceptors (Lipinski definition) is 3. The third-order valence-electron chi connectivity index (χ3n) is 4.59. The minimum Gasteiger partial charge on any atom is -0.481 e. The van der Waals surface area contributed by atoms with Crippen LogP contribution in [0.1, 0.15) is 20.3 Å². The van der Waals surface area contributed by atoms with Crippen molar-refractivity contribution >= 4 is 17.8 Å². The monoisotopic (exact) mass is 294 g/mol. The maximum absolute atomic E-state index is 12.4. The molecule has 0 aliphatic heterocycles. The van der Waals surface area contributed by atoms with E-state index in [0.717, 1.165) is 6.42 Å². The molecule has 116 valence electrons. The predicted octanol–water partition coefficient (Wildman–Crippen LogP) is 0.398. The molecule has 0 heterocycles. The third-order valence-corrected chi connectivity index (χ3v) is 4.59. The summed E-state index contributed by atoms with van der Waals surface area (Å²) >= 11 is 0. The van der Waals surface area contributed by atoms with E-state index in [1.165, 1.54) is 0 Å². The standard InChI is InChI=1S/C15H22N2O4/c1-15(2,14(21)16-3)7-17-12(18)10-8-4-5-9(6-8)11(10)13(19)20/h4-5,8-11H,6-7H2,1-3H3,(H,16,21)(H,17,18)(H,19,20)/t8?,9?,10-,11+/m0/s1. The van der Waals surface area contributed by atoms with E-state index in [4.69, 9.17) is 0 Å². The molecule has 0 spiro atoms. The molecule has 6 nitrogen and oxygen atoms in total. The zero-order valence-corrected chi connectivity index (χ0v) is 12.6. The zero-order chi connectivity index (χ0) is 15.8. The smallest absolute Gasteiger partial charge is 0.307 e. The first kappa shape index (κ1) is 15.5. The van der Waals surface area contributed by atoms with Gasteiger partial charge in [0.05, 0.1) is 17.3 Å². The Morgan fingerprint density at radius 2 is 1.76 bits per heavy atom. The average Bonchev–Trinajstić information content (AvgIpc) is 3.04. The molecule has 0 aromatic rings. The van der Waals surface area contributed by atoms with Crippen LogP contribution < -0.4 is 10.6 Å². The van der Waals surface area contributed by atoms with Crippen LogP contribution in [0.15, 0.2) is 12.2 Å². The Morgan fingerprint density at radius 3 is 2.29 bits per heavy atom. The average molecular weight is 294 g/mol. The zero-order valence-electron chi connectivity index (χ0n) is 12.6. The maximum atomic E-state index is 12.4. The van der Waals surface area contributed by atoms with Crippen LogP contribution in [0.3, 0.4) is 0 Å². The summed E-state index contributed by atoms with van der Waals surface area (Å²) in [5, 5.41) is 14.6. The molecule has 0 saturated heterocycles. The molecule has 2 bridgehead atoms. The van der Waals surface area contributed by atoms with Crippen LogP contribution in [-0.4, -0.2) is 36.5 Å². The van der Waals surface area contributed by atoms with Crippen molar-refractivity contribution in [2.75, 3.05) is 13.6 Å². The molecule has 1 fully saturated rings. The molecule has 2 rings (SSSR count). The van der Waals surface area contributed by atoms with Crippen molar-refractivity contribution in [2.24, 2.45) is 29.1 Å². The highest BCUT2D eigenvalue weighted by molar-refractivity contribution is 5.88. The largest absolute Gasteiger partial charge is 0.481 e. The molecule has 0 radical (unpaired) electrons. The topological polar surface area (TPSA) is 95.5 Å². The van der Waals surface area contributed by atoms with Gasteiger partial charge in [-0.1, -0.05) is 12.2 Å². The van der Waals surface area contributed by atoms with Crippen LogP contribution in [0.25, 0.3) is 0 Å². The summed E-state index contributed by atoms with van der Waals surface area (Å²) in [6, 6.07) is 0. The number of aliphatic carboxylic acids is 1. The second-order valence-corrected chi connectivity index (χ2v) is 6.52. The van der Waals surface area contributed by atoms with Gasteiger partial charge < -0.3 is 15.7 Å². The van der Waals surface area contributed by atoms with Crippen LogP contribution in [0, 0.1) is 29.1 Å². The van der Waals surface area contributed by atoms with Crippen molar-refractivity contribution in [3.8, 4) is 0 Å². The number of allylic oxidation sites excluding steroid dienone is 2. The summed E-state index contributed by atoms with van der Waals surface area (Å²) in [5.41, 5.74) is -0.726. The molecule has 21 heavy (non-hydrogen) atoms. The Kier molecular flexibility index (Phi) is 4.07. The fourth-order valence-electron chi connectivity index (χ4n) is 3.36. The molecular weight excluding hydrogens is 272 g/mol. The molecule has 4 atom stereocenters. The van der Waals surface area contributed by atoms with Gasteiger partial charge in [0, 0.05) is 13.6 Å². The lowest BCUT2D eigenvalue weighted by Crippen LogP contribution is -2.47. The number of carboxylic acids is 1. The van der Waals surface area contributed by atoms with Gasteiger partial charge in [-0.05, 0) is 32.1 Å². The number of hydrogen-bond donors (Lipinski definition) is 3. The number of fused-ring (bicyclic) bond motifs is 2. The van der Waals surface area contributed by atoms with Crippen molar-refractivity contribution in [3.63, 3.8) is 0 Å². The number of amides is 2. The highest BCUT2D eigenvalue weighted by Crippen LogP contribution is 2.48. The Bertz CT molecular complexity index is 498. The molecule has 2 amide bonds. The van der Waals surface area contributed by atoms with Crippen LogP contribution >= 0.6 is 0 Å². The minimum atomic E-state index is -0.919. The van der Waals surface area contributed by atoms with Crippen LogP contribution in [-0.2, 0) is 14.4 Å². The number of nitrogens with one attached hydrogen (secondary N) is 2. The molecule has 6 heteroatoms. The second-order valence-electron chi connectivity index (χ2n) is 6.52. The first-order valence-electron chi connectivity index (χ1n) is 7.19. The summed E-state index contributed by atoms with van der Waals surface area (Å²) in [5.74, 6) is -2.57. The molecule has 2 unspecified atom stereocenters. The highest BCUT2D eigenvalue weighted by atomic mass is 16.4. The van der Waals surface area contributed by atoms with Gasteiger partial charge in [-0.3, -0.25) is 14.4 Å². The van der Waals surface area contributed by atoms with Gasteiger partial charge in [-0.2, -0.15) is 0 Å². The van der Waals surface area contributed by atoms with E-state index in [0.29, 0.717) is 0 Å². The summed E-state index contributed by atoms with van der Waals surface area (Å²) in [6.45, 7) is 3.67. The lowest BCUT2D eigenvalue weighted by Gasteiger charge is -2.27. The fourth-order valence-corrected chi connectivity index (χ4v) is 3.36. The van der Waals surface area contributed by atoms with E-state index in [2.05, 4.69) is 10.6 Å². The van der Waals surface area contributed by atoms with Gasteiger partial charge in [0.2, 0.25) is 11.8 Å². The van der Waals surface area contributed by atoms with Crippen molar-refractivity contribution < 1.29 is 19.5 Å². The Labute approximate surface area is 124 Å². The van der Waals surface area contributed by atoms with Gasteiger partial charge in [0.1, 0.15) is 0 Å². The van der Waals surface area contributed by atoms with Crippen LogP contribution in [0.2, 0.25) is 0 Å². The quantitative estimate of drug-likeness (QED) is 0.639. The number of rotatable bonds is 5. The normalized spacial score (nSPS) is 30.2. The second kappa shape index (κ2) is 5.50. The predicted molar refractivity (Wildman–Crippen MR) is 76.2 cm³/mol. The first-order chi connectivity index (χ1) is 9.77. The molecule has 0 aromatic heterocycles. The molecule has 2 aliphatic rings. The lowest BCUT2D eigenvalue weighted by molar-refractivity contribution is -0.148. The molecule has 0 aromatic carbocycles. The maximum Gasteiger partial charge on any atom is 0.307 e. The number of carboxylic acid groups (broad SMARTS) is 1. The first-order valence-corrected chi connectivity index (χ1v) is 7.19. The van der Waals surface area contributed by atoms with E-state index in [1.54, 1.807) is 20.9 Å². The van der Waals surface area contributed by atoms with E-state index < -0.39 is 23.2 Å². The third kappa shape index (κ3) is 2.80. The van der Waals surface area contributed by atoms with Gasteiger partial charge in [-0.15, -0.1) is 0 Å².